The number of urea groups is 2. The van der Waals surface area contributed by atoms with E-state index in [4.69, 9.17) is 0 Å². The normalized spacial score (nSPS) is 13.4. The van der Waals surface area contributed by atoms with Crippen molar-refractivity contribution in [1.82, 2.24) is 4.90 Å². The fraction of sp³-hybridized carbons (Fsp3) is 0.222. The van der Waals surface area contributed by atoms with Crippen LogP contribution in [0, 0.1) is 0 Å². The summed E-state index contributed by atoms with van der Waals surface area (Å²) in [7, 11) is 0. The van der Waals surface area contributed by atoms with Crippen molar-refractivity contribution in [3.8, 4) is 0 Å². The van der Waals surface area contributed by atoms with E-state index in [-0.39, 0.29) is 12.1 Å². The molecule has 6 heteroatoms. The average Bonchev–Trinajstić information content (AvgIpc) is 3.10. The Hall–Kier alpha value is -3.02. The van der Waals surface area contributed by atoms with Crippen molar-refractivity contribution in [3.63, 3.8) is 0 Å². The Balaban J connectivity index is 1.58. The number of benzene rings is 2. The molecule has 3 N–H and O–H groups in total. The smallest absolute Gasteiger partial charge is 0.323 e. The quantitative estimate of drug-likeness (QED) is 0.799. The Labute approximate surface area is 140 Å². The minimum atomic E-state index is -0.329. The number of likely N-dealkylation sites (tertiary alicyclic amines) is 1. The van der Waals surface area contributed by atoms with E-state index in [0.29, 0.717) is 17.1 Å². The maximum atomic E-state index is 12.1. The van der Waals surface area contributed by atoms with Crippen molar-refractivity contribution in [2.24, 2.45) is 0 Å². The summed E-state index contributed by atoms with van der Waals surface area (Å²) in [6.07, 6.45) is 2.10. The molecule has 0 radical (unpaired) electrons. The van der Waals surface area contributed by atoms with Gasteiger partial charge in [0.1, 0.15) is 0 Å². The number of anilines is 3. The van der Waals surface area contributed by atoms with Gasteiger partial charge in [-0.2, -0.15) is 0 Å². The molecule has 0 saturated carbocycles. The lowest BCUT2D eigenvalue weighted by atomic mass is 10.3. The molecule has 1 heterocycles. The van der Waals surface area contributed by atoms with Gasteiger partial charge in [-0.25, -0.2) is 9.59 Å². The molecule has 0 bridgehead atoms. The molecule has 1 fully saturated rings. The van der Waals surface area contributed by atoms with Crippen LogP contribution in [0.1, 0.15) is 12.8 Å². The highest BCUT2D eigenvalue weighted by Crippen LogP contribution is 2.17. The maximum Gasteiger partial charge on any atom is 0.323 e. The molecule has 0 atom stereocenters. The standard InChI is InChI=1S/C18H20N4O2/c23-17(19-14-7-2-1-3-8-14)20-15-9-6-10-16(13-15)21-18(24)22-11-4-5-12-22/h1-3,6-10,13H,4-5,11-12H2,(H,21,24)(H2,19,20,23). The Morgan fingerprint density at radius 3 is 2.04 bits per heavy atom. The zero-order valence-electron chi connectivity index (χ0n) is 13.3. The summed E-state index contributed by atoms with van der Waals surface area (Å²) in [6.45, 7) is 1.59. The Bertz CT molecular complexity index is 712. The summed E-state index contributed by atoms with van der Waals surface area (Å²) < 4.78 is 0. The summed E-state index contributed by atoms with van der Waals surface area (Å²) in [4.78, 5) is 25.9. The van der Waals surface area contributed by atoms with E-state index in [1.54, 1.807) is 29.2 Å². The largest absolute Gasteiger partial charge is 0.325 e. The van der Waals surface area contributed by atoms with Crippen molar-refractivity contribution in [2.45, 2.75) is 12.8 Å². The molecule has 3 rings (SSSR count). The molecule has 1 aliphatic heterocycles. The van der Waals surface area contributed by atoms with Gasteiger partial charge < -0.3 is 20.9 Å². The Morgan fingerprint density at radius 1 is 0.750 bits per heavy atom. The van der Waals surface area contributed by atoms with Crippen LogP contribution in [0.5, 0.6) is 0 Å². The molecule has 0 aromatic heterocycles. The Kier molecular flexibility index (Phi) is 4.96. The van der Waals surface area contributed by atoms with E-state index in [2.05, 4.69) is 16.0 Å². The lowest BCUT2D eigenvalue weighted by molar-refractivity contribution is 0.222. The van der Waals surface area contributed by atoms with Crippen molar-refractivity contribution in [1.29, 1.82) is 0 Å². The zero-order chi connectivity index (χ0) is 16.8. The van der Waals surface area contributed by atoms with E-state index in [1.165, 1.54) is 0 Å². The third-order valence-corrected chi connectivity index (χ3v) is 3.80. The highest BCUT2D eigenvalue weighted by Gasteiger charge is 2.17. The first kappa shape index (κ1) is 15.9. The summed E-state index contributed by atoms with van der Waals surface area (Å²) >= 11 is 0. The zero-order valence-corrected chi connectivity index (χ0v) is 13.3. The molecule has 24 heavy (non-hydrogen) atoms. The number of amides is 4. The monoisotopic (exact) mass is 324 g/mol. The molecule has 1 aliphatic rings. The lowest BCUT2D eigenvalue weighted by Crippen LogP contribution is -2.32. The van der Waals surface area contributed by atoms with Crippen LogP contribution in [0.15, 0.2) is 54.6 Å². The first-order valence-electron chi connectivity index (χ1n) is 8.00. The molecule has 124 valence electrons. The van der Waals surface area contributed by atoms with Crippen LogP contribution in [0.25, 0.3) is 0 Å². The average molecular weight is 324 g/mol. The van der Waals surface area contributed by atoms with Crippen molar-refractivity contribution < 1.29 is 9.59 Å². The first-order valence-corrected chi connectivity index (χ1v) is 8.00. The topological polar surface area (TPSA) is 73.5 Å². The molecule has 0 spiro atoms. The summed E-state index contributed by atoms with van der Waals surface area (Å²) in [5.41, 5.74) is 1.99. The van der Waals surface area contributed by atoms with Crippen molar-refractivity contribution >= 4 is 29.1 Å². The molecule has 2 aromatic rings. The number of para-hydroxylation sites is 1. The van der Waals surface area contributed by atoms with Gasteiger partial charge in [-0.15, -0.1) is 0 Å². The van der Waals surface area contributed by atoms with Crippen LogP contribution in [0.4, 0.5) is 26.7 Å². The molecular formula is C18H20N4O2. The third kappa shape index (κ3) is 4.25. The van der Waals surface area contributed by atoms with Gasteiger partial charge in [0, 0.05) is 30.2 Å². The van der Waals surface area contributed by atoms with Gasteiger partial charge in [0.2, 0.25) is 0 Å². The fourth-order valence-electron chi connectivity index (χ4n) is 2.61. The van der Waals surface area contributed by atoms with Gasteiger partial charge in [-0.05, 0) is 43.2 Å². The van der Waals surface area contributed by atoms with Gasteiger partial charge in [0.25, 0.3) is 0 Å². The number of nitrogens with one attached hydrogen (secondary N) is 3. The molecule has 1 saturated heterocycles. The van der Waals surface area contributed by atoms with Gasteiger partial charge in [0.15, 0.2) is 0 Å². The van der Waals surface area contributed by atoms with Crippen LogP contribution in [0.2, 0.25) is 0 Å². The molecular weight excluding hydrogens is 304 g/mol. The van der Waals surface area contributed by atoms with E-state index < -0.39 is 0 Å². The number of nitrogens with zero attached hydrogens (tertiary/aromatic N) is 1. The van der Waals surface area contributed by atoms with Crippen LogP contribution in [0.3, 0.4) is 0 Å². The van der Waals surface area contributed by atoms with Crippen molar-refractivity contribution in [3.05, 3.63) is 54.6 Å². The van der Waals surface area contributed by atoms with E-state index in [0.717, 1.165) is 25.9 Å². The third-order valence-electron chi connectivity index (χ3n) is 3.80. The maximum absolute atomic E-state index is 12.1. The van der Waals surface area contributed by atoms with Crippen LogP contribution in [-0.2, 0) is 0 Å². The minimum absolute atomic E-state index is 0.0987. The fourth-order valence-corrected chi connectivity index (χ4v) is 2.61. The van der Waals surface area contributed by atoms with E-state index >= 15 is 0 Å². The molecule has 6 nitrogen and oxygen atoms in total. The Morgan fingerprint density at radius 2 is 1.33 bits per heavy atom. The second-order valence-corrected chi connectivity index (χ2v) is 5.65. The van der Waals surface area contributed by atoms with Crippen molar-refractivity contribution in [2.75, 3.05) is 29.0 Å². The summed E-state index contributed by atoms with van der Waals surface area (Å²) in [6, 6.07) is 15.9. The number of carbonyl (C=O) groups is 2. The minimum Gasteiger partial charge on any atom is -0.325 e. The van der Waals surface area contributed by atoms with Crippen LogP contribution in [-0.4, -0.2) is 30.1 Å². The predicted octanol–water partition coefficient (Wildman–Crippen LogP) is 3.96. The van der Waals surface area contributed by atoms with Gasteiger partial charge in [-0.1, -0.05) is 24.3 Å². The van der Waals surface area contributed by atoms with Crippen LogP contribution >= 0.6 is 0 Å². The predicted molar refractivity (Wildman–Crippen MR) is 95.4 cm³/mol. The van der Waals surface area contributed by atoms with Gasteiger partial charge in [-0.3, -0.25) is 0 Å². The lowest BCUT2D eigenvalue weighted by Gasteiger charge is -2.16. The number of hydrogen-bond donors (Lipinski definition) is 3. The molecule has 0 aliphatic carbocycles. The second kappa shape index (κ2) is 7.50. The highest BCUT2D eigenvalue weighted by molar-refractivity contribution is 6.00. The highest BCUT2D eigenvalue weighted by atomic mass is 16.2. The molecule has 0 unspecified atom stereocenters. The van der Waals surface area contributed by atoms with Gasteiger partial charge >= 0.3 is 12.1 Å². The van der Waals surface area contributed by atoms with E-state index in [9.17, 15) is 9.59 Å². The van der Waals surface area contributed by atoms with Gasteiger partial charge in [0.05, 0.1) is 0 Å². The number of carbonyl (C=O) groups excluding carboxylic acids is 2. The van der Waals surface area contributed by atoms with E-state index in [1.807, 2.05) is 30.3 Å². The molecule has 4 amide bonds. The molecule has 2 aromatic carbocycles. The van der Waals surface area contributed by atoms with Crippen LogP contribution < -0.4 is 16.0 Å². The first-order chi connectivity index (χ1) is 11.7. The number of rotatable bonds is 3. The number of hydrogen-bond acceptors (Lipinski definition) is 2. The summed E-state index contributed by atoms with van der Waals surface area (Å²) in [5, 5.41) is 8.37. The summed E-state index contributed by atoms with van der Waals surface area (Å²) in [5.74, 6) is 0. The second-order valence-electron chi connectivity index (χ2n) is 5.65. The SMILES string of the molecule is O=C(Nc1ccccc1)Nc1cccc(NC(=O)N2CCCC2)c1.